The van der Waals surface area contributed by atoms with Gasteiger partial charge in [0.25, 0.3) is 0 Å². The van der Waals surface area contributed by atoms with Crippen LogP contribution in [0.15, 0.2) is 18.2 Å². The van der Waals surface area contributed by atoms with Gasteiger partial charge in [-0.05, 0) is 37.8 Å². The minimum absolute atomic E-state index is 0.378. The minimum Gasteiger partial charge on any atom is -0.490 e. The lowest BCUT2D eigenvalue weighted by Gasteiger charge is -2.10. The summed E-state index contributed by atoms with van der Waals surface area (Å²) in [7, 11) is 0. The van der Waals surface area contributed by atoms with Gasteiger partial charge in [0.05, 0.1) is 17.9 Å². The molecule has 2 saturated carbocycles. The molecule has 2 N–H and O–H groups in total. The molecular weight excluding hydrogens is 190 g/mol. The lowest BCUT2D eigenvalue weighted by atomic mass is 10.3. The zero-order valence-electron chi connectivity index (χ0n) is 8.61. The highest BCUT2D eigenvalue weighted by Gasteiger charge is 2.26. The monoisotopic (exact) mass is 205 g/mol. The molecule has 1 aromatic carbocycles. The van der Waals surface area contributed by atoms with Gasteiger partial charge in [-0.15, -0.1) is 0 Å². The number of rotatable bonds is 4. The zero-order chi connectivity index (χ0) is 10.3. The molecular formula is C12H15NO2. The first-order chi connectivity index (χ1) is 7.31. The van der Waals surface area contributed by atoms with Crippen molar-refractivity contribution in [2.45, 2.75) is 37.9 Å². The lowest BCUT2D eigenvalue weighted by Crippen LogP contribution is -2.01. The highest BCUT2D eigenvalue weighted by atomic mass is 16.5. The van der Waals surface area contributed by atoms with E-state index in [-0.39, 0.29) is 0 Å². The minimum atomic E-state index is 0.378. The van der Waals surface area contributed by atoms with Crippen LogP contribution in [0.2, 0.25) is 0 Å². The molecule has 0 heterocycles. The van der Waals surface area contributed by atoms with Crippen LogP contribution < -0.4 is 15.2 Å². The number of benzene rings is 1. The molecule has 0 bridgehead atoms. The second kappa shape index (κ2) is 3.33. The number of hydrogen-bond acceptors (Lipinski definition) is 3. The predicted molar refractivity (Wildman–Crippen MR) is 58.2 cm³/mol. The number of nitrogen functional groups attached to an aromatic ring is 1. The molecule has 0 radical (unpaired) electrons. The van der Waals surface area contributed by atoms with E-state index in [4.69, 9.17) is 15.2 Å². The molecule has 1 aromatic rings. The molecule has 0 unspecified atom stereocenters. The smallest absolute Gasteiger partial charge is 0.146 e. The van der Waals surface area contributed by atoms with E-state index < -0.39 is 0 Å². The first-order valence-corrected chi connectivity index (χ1v) is 5.54. The number of hydrogen-bond donors (Lipinski definition) is 1. The topological polar surface area (TPSA) is 44.5 Å². The van der Waals surface area contributed by atoms with E-state index in [9.17, 15) is 0 Å². The van der Waals surface area contributed by atoms with Crippen LogP contribution in [0.1, 0.15) is 25.7 Å². The normalized spacial score (nSPS) is 20.0. The summed E-state index contributed by atoms with van der Waals surface area (Å²) in [5.74, 6) is 1.65. The molecule has 0 spiro atoms. The van der Waals surface area contributed by atoms with Crippen molar-refractivity contribution in [2.75, 3.05) is 5.73 Å². The zero-order valence-corrected chi connectivity index (χ0v) is 8.61. The Morgan fingerprint density at radius 3 is 2.33 bits per heavy atom. The number of anilines is 1. The first-order valence-electron chi connectivity index (χ1n) is 5.54. The van der Waals surface area contributed by atoms with Gasteiger partial charge in [-0.25, -0.2) is 0 Å². The van der Waals surface area contributed by atoms with Gasteiger partial charge in [-0.2, -0.15) is 0 Å². The van der Waals surface area contributed by atoms with E-state index in [0.29, 0.717) is 17.9 Å². The van der Waals surface area contributed by atoms with E-state index in [1.807, 2.05) is 18.2 Å². The average Bonchev–Trinajstić information content (AvgIpc) is 3.05. The summed E-state index contributed by atoms with van der Waals surface area (Å²) in [6.07, 6.45) is 5.43. The second-order valence-corrected chi connectivity index (χ2v) is 4.33. The molecule has 15 heavy (non-hydrogen) atoms. The van der Waals surface area contributed by atoms with Crippen LogP contribution in [0.25, 0.3) is 0 Å². The Morgan fingerprint density at radius 1 is 1.00 bits per heavy atom. The van der Waals surface area contributed by atoms with Gasteiger partial charge in [-0.1, -0.05) is 0 Å². The van der Waals surface area contributed by atoms with Gasteiger partial charge in [0, 0.05) is 6.07 Å². The summed E-state index contributed by atoms with van der Waals surface area (Å²) in [4.78, 5) is 0. The van der Waals surface area contributed by atoms with Crippen LogP contribution in [0.4, 0.5) is 5.69 Å². The molecule has 0 amide bonds. The SMILES string of the molecule is Nc1ccc(OC2CC2)cc1OC1CC1. The summed E-state index contributed by atoms with van der Waals surface area (Å²) < 4.78 is 11.4. The van der Waals surface area contributed by atoms with E-state index in [0.717, 1.165) is 24.3 Å². The van der Waals surface area contributed by atoms with Gasteiger partial charge >= 0.3 is 0 Å². The molecule has 0 atom stereocenters. The molecule has 0 saturated heterocycles. The van der Waals surface area contributed by atoms with Gasteiger partial charge in [-0.3, -0.25) is 0 Å². The van der Waals surface area contributed by atoms with Crippen molar-refractivity contribution in [3.05, 3.63) is 18.2 Å². The maximum atomic E-state index is 5.83. The maximum Gasteiger partial charge on any atom is 0.146 e. The van der Waals surface area contributed by atoms with Crippen molar-refractivity contribution in [3.8, 4) is 11.5 Å². The van der Waals surface area contributed by atoms with E-state index >= 15 is 0 Å². The van der Waals surface area contributed by atoms with Crippen LogP contribution in [0.3, 0.4) is 0 Å². The summed E-state index contributed by atoms with van der Waals surface area (Å²) >= 11 is 0. The van der Waals surface area contributed by atoms with E-state index in [1.165, 1.54) is 12.8 Å². The van der Waals surface area contributed by atoms with Gasteiger partial charge in [0.15, 0.2) is 0 Å². The molecule has 80 valence electrons. The van der Waals surface area contributed by atoms with Crippen molar-refractivity contribution < 1.29 is 9.47 Å². The summed E-state index contributed by atoms with van der Waals surface area (Å²) in [5.41, 5.74) is 6.53. The van der Waals surface area contributed by atoms with Crippen LogP contribution in [0, 0.1) is 0 Å². The van der Waals surface area contributed by atoms with E-state index in [1.54, 1.807) is 0 Å². The summed E-state index contributed by atoms with van der Waals surface area (Å²) in [6.45, 7) is 0. The predicted octanol–water partition coefficient (Wildman–Crippen LogP) is 2.35. The molecule has 2 aliphatic rings. The fourth-order valence-corrected chi connectivity index (χ4v) is 1.43. The standard InChI is InChI=1S/C12H15NO2/c13-11-6-5-10(14-8-1-2-8)7-12(11)15-9-3-4-9/h5-9H,1-4,13H2. The Labute approximate surface area is 89.2 Å². The van der Waals surface area contributed by atoms with Crippen molar-refractivity contribution in [1.82, 2.24) is 0 Å². The first kappa shape index (κ1) is 8.89. The van der Waals surface area contributed by atoms with Gasteiger partial charge in [0.2, 0.25) is 0 Å². The Hall–Kier alpha value is -1.38. The lowest BCUT2D eigenvalue weighted by molar-refractivity contribution is 0.288. The molecule has 0 aliphatic heterocycles. The Kier molecular flexibility index (Phi) is 1.97. The molecule has 2 fully saturated rings. The van der Waals surface area contributed by atoms with Crippen molar-refractivity contribution >= 4 is 5.69 Å². The Balaban J connectivity index is 1.76. The Bertz CT molecular complexity index is 370. The highest BCUT2D eigenvalue weighted by Crippen LogP contribution is 2.35. The molecule has 0 aromatic heterocycles. The molecule has 3 nitrogen and oxygen atoms in total. The van der Waals surface area contributed by atoms with Crippen LogP contribution in [0.5, 0.6) is 11.5 Å². The molecule has 3 heteroatoms. The quantitative estimate of drug-likeness (QED) is 0.767. The van der Waals surface area contributed by atoms with Crippen LogP contribution in [-0.2, 0) is 0 Å². The van der Waals surface area contributed by atoms with Gasteiger partial charge in [0.1, 0.15) is 11.5 Å². The average molecular weight is 205 g/mol. The molecule has 3 rings (SSSR count). The van der Waals surface area contributed by atoms with Crippen molar-refractivity contribution in [3.63, 3.8) is 0 Å². The van der Waals surface area contributed by atoms with Crippen molar-refractivity contribution in [1.29, 1.82) is 0 Å². The third kappa shape index (κ3) is 2.17. The fourth-order valence-electron chi connectivity index (χ4n) is 1.43. The third-order valence-electron chi connectivity index (χ3n) is 2.63. The van der Waals surface area contributed by atoms with E-state index in [2.05, 4.69) is 0 Å². The number of nitrogens with two attached hydrogens (primary N) is 1. The third-order valence-corrected chi connectivity index (χ3v) is 2.63. The second-order valence-electron chi connectivity index (χ2n) is 4.33. The summed E-state index contributed by atoms with van der Waals surface area (Å²) in [6, 6.07) is 5.68. The summed E-state index contributed by atoms with van der Waals surface area (Å²) in [5, 5.41) is 0. The molecule has 2 aliphatic carbocycles. The fraction of sp³-hybridized carbons (Fsp3) is 0.500. The van der Waals surface area contributed by atoms with Gasteiger partial charge < -0.3 is 15.2 Å². The Morgan fingerprint density at radius 2 is 1.67 bits per heavy atom. The number of ether oxygens (including phenoxy) is 2. The van der Waals surface area contributed by atoms with Crippen molar-refractivity contribution in [2.24, 2.45) is 0 Å². The van der Waals surface area contributed by atoms with Crippen LogP contribution >= 0.6 is 0 Å². The highest BCUT2D eigenvalue weighted by molar-refractivity contribution is 5.55. The maximum absolute atomic E-state index is 5.83. The largest absolute Gasteiger partial charge is 0.490 e. The van der Waals surface area contributed by atoms with Crippen LogP contribution in [-0.4, -0.2) is 12.2 Å².